The minimum Gasteiger partial charge on any atom is -0.385 e. The molecule has 102 valence electrons. The van der Waals surface area contributed by atoms with Crippen molar-refractivity contribution in [3.8, 4) is 0 Å². The summed E-state index contributed by atoms with van der Waals surface area (Å²) in [5.41, 5.74) is 8.22. The summed E-state index contributed by atoms with van der Waals surface area (Å²) in [5, 5.41) is 2.78. The van der Waals surface area contributed by atoms with Crippen LogP contribution in [0.1, 0.15) is 12.2 Å². The number of methoxy groups -OCH3 is 1. The molecule has 1 atom stereocenters. The Morgan fingerprint density at radius 1 is 1.58 bits per heavy atom. The van der Waals surface area contributed by atoms with Crippen molar-refractivity contribution < 1.29 is 9.53 Å². The Kier molecular flexibility index (Phi) is 4.13. The summed E-state index contributed by atoms with van der Waals surface area (Å²) in [7, 11) is 1.58. The summed E-state index contributed by atoms with van der Waals surface area (Å²) in [5.74, 6) is 0.628. The fraction of sp³-hybridized carbons (Fsp3) is 0.385. The zero-order chi connectivity index (χ0) is 13.8. The second kappa shape index (κ2) is 5.81. The number of hydrogen-bond donors (Lipinski definition) is 3. The highest BCUT2D eigenvalue weighted by Gasteiger charge is 2.13. The maximum Gasteiger partial charge on any atom is 0.241 e. The standard InChI is InChI=1S/C13H18N4O2/c1-8-15-11-4-3-9(7-12(11)16-8)17-13(18)10(14)5-6-19-2/h3-4,7,10H,5-6,14H2,1-2H3,(H,15,16)(H,17,18). The molecule has 0 aliphatic carbocycles. The number of carbonyl (C=O) groups is 1. The predicted octanol–water partition coefficient (Wildman–Crippen LogP) is 1.17. The highest BCUT2D eigenvalue weighted by Crippen LogP contribution is 2.17. The number of fused-ring (bicyclic) bond motifs is 1. The summed E-state index contributed by atoms with van der Waals surface area (Å²) in [6.45, 7) is 2.35. The second-order valence-electron chi connectivity index (χ2n) is 4.43. The average Bonchev–Trinajstić information content (AvgIpc) is 2.75. The van der Waals surface area contributed by atoms with E-state index in [1.165, 1.54) is 0 Å². The Hall–Kier alpha value is -1.92. The molecule has 0 aliphatic rings. The van der Waals surface area contributed by atoms with Crippen molar-refractivity contribution in [1.29, 1.82) is 0 Å². The summed E-state index contributed by atoms with van der Waals surface area (Å²) in [6.07, 6.45) is 0.494. The number of amides is 1. The van der Waals surface area contributed by atoms with Crippen molar-refractivity contribution in [2.75, 3.05) is 19.0 Å². The molecule has 0 bridgehead atoms. The molecule has 0 radical (unpaired) electrons. The summed E-state index contributed by atoms with van der Waals surface area (Å²) in [4.78, 5) is 19.3. The van der Waals surface area contributed by atoms with Crippen molar-refractivity contribution in [2.24, 2.45) is 5.73 Å². The smallest absolute Gasteiger partial charge is 0.241 e. The van der Waals surface area contributed by atoms with E-state index in [0.717, 1.165) is 16.9 Å². The highest BCUT2D eigenvalue weighted by molar-refractivity contribution is 5.96. The Labute approximate surface area is 111 Å². The maximum atomic E-state index is 11.8. The Balaban J connectivity index is 2.06. The molecular weight excluding hydrogens is 244 g/mol. The third kappa shape index (κ3) is 3.30. The van der Waals surface area contributed by atoms with Gasteiger partial charge < -0.3 is 20.8 Å². The first-order valence-corrected chi connectivity index (χ1v) is 6.12. The third-order valence-electron chi connectivity index (χ3n) is 2.84. The number of aryl methyl sites for hydroxylation is 1. The lowest BCUT2D eigenvalue weighted by atomic mass is 10.2. The van der Waals surface area contributed by atoms with Crippen LogP contribution in [0.25, 0.3) is 11.0 Å². The van der Waals surface area contributed by atoms with Crippen molar-refractivity contribution >= 4 is 22.6 Å². The number of hydrogen-bond acceptors (Lipinski definition) is 4. The van der Waals surface area contributed by atoms with E-state index in [-0.39, 0.29) is 5.91 Å². The van der Waals surface area contributed by atoms with Crippen LogP contribution in [-0.4, -0.2) is 35.6 Å². The Morgan fingerprint density at radius 2 is 2.37 bits per heavy atom. The summed E-state index contributed by atoms with van der Waals surface area (Å²) >= 11 is 0. The van der Waals surface area contributed by atoms with Crippen molar-refractivity contribution in [3.63, 3.8) is 0 Å². The molecule has 0 saturated carbocycles. The lowest BCUT2D eigenvalue weighted by molar-refractivity contribution is -0.117. The number of benzene rings is 1. The molecule has 0 fully saturated rings. The van der Waals surface area contributed by atoms with E-state index in [0.29, 0.717) is 18.7 Å². The van der Waals surface area contributed by atoms with Gasteiger partial charge in [-0.3, -0.25) is 4.79 Å². The van der Waals surface area contributed by atoms with Crippen LogP contribution in [0.3, 0.4) is 0 Å². The number of carbonyl (C=O) groups excluding carboxylic acids is 1. The van der Waals surface area contributed by atoms with Crippen LogP contribution in [-0.2, 0) is 9.53 Å². The normalized spacial score (nSPS) is 12.6. The minimum atomic E-state index is -0.570. The third-order valence-corrected chi connectivity index (χ3v) is 2.84. The Bertz CT molecular complexity index is 579. The largest absolute Gasteiger partial charge is 0.385 e. The topological polar surface area (TPSA) is 93.0 Å². The number of imidazole rings is 1. The van der Waals surface area contributed by atoms with E-state index in [1.54, 1.807) is 7.11 Å². The minimum absolute atomic E-state index is 0.215. The SMILES string of the molecule is COCCC(N)C(=O)Nc1ccc2nc(C)[nH]c2c1. The first-order valence-electron chi connectivity index (χ1n) is 6.12. The number of ether oxygens (including phenoxy) is 1. The van der Waals surface area contributed by atoms with E-state index in [1.807, 2.05) is 25.1 Å². The van der Waals surface area contributed by atoms with Gasteiger partial charge in [0.05, 0.1) is 17.1 Å². The van der Waals surface area contributed by atoms with Crippen LogP contribution in [0.15, 0.2) is 18.2 Å². The van der Waals surface area contributed by atoms with Crippen LogP contribution in [0.5, 0.6) is 0 Å². The fourth-order valence-electron chi connectivity index (χ4n) is 1.83. The van der Waals surface area contributed by atoms with Gasteiger partial charge in [-0.05, 0) is 31.5 Å². The van der Waals surface area contributed by atoms with Crippen molar-refractivity contribution in [2.45, 2.75) is 19.4 Å². The molecule has 19 heavy (non-hydrogen) atoms. The van der Waals surface area contributed by atoms with Gasteiger partial charge in [-0.1, -0.05) is 0 Å². The van der Waals surface area contributed by atoms with Gasteiger partial charge in [0.2, 0.25) is 5.91 Å². The first-order chi connectivity index (χ1) is 9.10. The molecule has 1 amide bonds. The molecule has 0 spiro atoms. The maximum absolute atomic E-state index is 11.8. The molecule has 4 N–H and O–H groups in total. The number of rotatable bonds is 5. The molecule has 6 nitrogen and oxygen atoms in total. The van der Waals surface area contributed by atoms with Gasteiger partial charge in [0.1, 0.15) is 5.82 Å². The molecule has 0 aliphatic heterocycles. The van der Waals surface area contributed by atoms with Crippen molar-refractivity contribution in [3.05, 3.63) is 24.0 Å². The van der Waals surface area contributed by atoms with Crippen LogP contribution >= 0.6 is 0 Å². The number of nitrogens with one attached hydrogen (secondary N) is 2. The lowest BCUT2D eigenvalue weighted by Gasteiger charge is -2.11. The molecule has 1 aromatic heterocycles. The van der Waals surface area contributed by atoms with Crippen LogP contribution < -0.4 is 11.1 Å². The summed E-state index contributed by atoms with van der Waals surface area (Å²) in [6, 6.07) is 4.94. The van der Waals surface area contributed by atoms with E-state index in [9.17, 15) is 4.79 Å². The Morgan fingerprint density at radius 3 is 3.11 bits per heavy atom. The lowest BCUT2D eigenvalue weighted by Crippen LogP contribution is -2.36. The van der Waals surface area contributed by atoms with Crippen LogP contribution in [0, 0.1) is 6.92 Å². The zero-order valence-electron chi connectivity index (χ0n) is 11.1. The number of nitrogens with zero attached hydrogens (tertiary/aromatic N) is 1. The number of nitrogens with two attached hydrogens (primary N) is 1. The second-order valence-corrected chi connectivity index (χ2v) is 4.43. The van der Waals surface area contributed by atoms with Gasteiger partial charge in [-0.15, -0.1) is 0 Å². The molecule has 1 unspecified atom stereocenters. The van der Waals surface area contributed by atoms with E-state index >= 15 is 0 Å². The fourth-order valence-corrected chi connectivity index (χ4v) is 1.83. The zero-order valence-corrected chi connectivity index (χ0v) is 11.1. The summed E-state index contributed by atoms with van der Waals surface area (Å²) < 4.78 is 4.90. The van der Waals surface area contributed by atoms with E-state index < -0.39 is 6.04 Å². The number of aromatic nitrogens is 2. The van der Waals surface area contributed by atoms with Crippen molar-refractivity contribution in [1.82, 2.24) is 9.97 Å². The molecular formula is C13H18N4O2. The van der Waals surface area contributed by atoms with E-state index in [2.05, 4.69) is 15.3 Å². The quantitative estimate of drug-likeness (QED) is 0.754. The average molecular weight is 262 g/mol. The molecule has 6 heteroatoms. The van der Waals surface area contributed by atoms with Gasteiger partial charge in [0.15, 0.2) is 0 Å². The van der Waals surface area contributed by atoms with Crippen LogP contribution in [0.4, 0.5) is 5.69 Å². The number of H-pyrrole nitrogens is 1. The molecule has 2 rings (SSSR count). The first kappa shape index (κ1) is 13.5. The van der Waals surface area contributed by atoms with E-state index in [4.69, 9.17) is 10.5 Å². The molecule has 2 aromatic rings. The van der Waals surface area contributed by atoms with Gasteiger partial charge in [-0.25, -0.2) is 4.98 Å². The molecule has 1 heterocycles. The van der Waals surface area contributed by atoms with Gasteiger partial charge in [0.25, 0.3) is 0 Å². The monoisotopic (exact) mass is 262 g/mol. The number of anilines is 1. The highest BCUT2D eigenvalue weighted by atomic mass is 16.5. The predicted molar refractivity (Wildman–Crippen MR) is 73.9 cm³/mol. The van der Waals surface area contributed by atoms with Gasteiger partial charge in [0, 0.05) is 19.4 Å². The molecule has 0 saturated heterocycles. The number of aromatic amines is 1. The van der Waals surface area contributed by atoms with Gasteiger partial charge >= 0.3 is 0 Å². The molecule has 1 aromatic carbocycles. The van der Waals surface area contributed by atoms with Crippen LogP contribution in [0.2, 0.25) is 0 Å². The van der Waals surface area contributed by atoms with Gasteiger partial charge in [-0.2, -0.15) is 0 Å².